The zero-order valence-corrected chi connectivity index (χ0v) is 15.5. The van der Waals surface area contributed by atoms with Gasteiger partial charge in [0.15, 0.2) is 0 Å². The first-order chi connectivity index (χ1) is 11.5. The largest absolute Gasteiger partial charge is 0.461 e. The predicted octanol–water partition coefficient (Wildman–Crippen LogP) is 2.28. The van der Waals surface area contributed by atoms with E-state index in [9.17, 15) is 19.8 Å². The summed E-state index contributed by atoms with van der Waals surface area (Å²) in [4.78, 5) is 23.4. The molecule has 5 unspecified atom stereocenters. The Kier molecular flexibility index (Phi) is 7.83. The maximum absolute atomic E-state index is 12.1. The van der Waals surface area contributed by atoms with Crippen LogP contribution in [0.15, 0.2) is 24.3 Å². The van der Waals surface area contributed by atoms with Crippen LogP contribution in [0.25, 0.3) is 0 Å². The van der Waals surface area contributed by atoms with Gasteiger partial charge in [-0.2, -0.15) is 0 Å². The van der Waals surface area contributed by atoms with Gasteiger partial charge in [0.2, 0.25) is 0 Å². The van der Waals surface area contributed by atoms with Crippen LogP contribution < -0.4 is 0 Å². The lowest BCUT2D eigenvalue weighted by molar-refractivity contribution is -0.157. The summed E-state index contributed by atoms with van der Waals surface area (Å²) in [6.45, 7) is 10.4. The summed E-state index contributed by atoms with van der Waals surface area (Å²) in [5.41, 5.74) is -0.482. The molecule has 1 aliphatic rings. The average molecular weight is 354 g/mol. The van der Waals surface area contributed by atoms with Crippen LogP contribution >= 0.6 is 0 Å². The van der Waals surface area contributed by atoms with Gasteiger partial charge < -0.3 is 19.7 Å². The second kappa shape index (κ2) is 9.15. The van der Waals surface area contributed by atoms with Gasteiger partial charge in [-0.1, -0.05) is 18.6 Å². The van der Waals surface area contributed by atoms with E-state index >= 15 is 0 Å². The van der Waals surface area contributed by atoms with Gasteiger partial charge in [0, 0.05) is 19.3 Å². The summed E-state index contributed by atoms with van der Waals surface area (Å²) in [6, 6.07) is 0. The number of hydrogen-bond acceptors (Lipinski definition) is 6. The third-order valence-electron chi connectivity index (χ3n) is 4.30. The van der Waals surface area contributed by atoms with Crippen molar-refractivity contribution in [2.24, 2.45) is 5.92 Å². The zero-order valence-electron chi connectivity index (χ0n) is 15.5. The molecule has 0 aromatic carbocycles. The van der Waals surface area contributed by atoms with Crippen LogP contribution in [0.2, 0.25) is 0 Å². The molecule has 0 saturated carbocycles. The van der Waals surface area contributed by atoms with Crippen molar-refractivity contribution in [3.63, 3.8) is 0 Å². The second-order valence-electron chi connectivity index (χ2n) is 7.22. The summed E-state index contributed by atoms with van der Waals surface area (Å²) < 4.78 is 10.8. The Morgan fingerprint density at radius 1 is 1.44 bits per heavy atom. The topological polar surface area (TPSA) is 93.1 Å². The highest BCUT2D eigenvalue weighted by Gasteiger charge is 2.34. The molecule has 0 aromatic rings. The van der Waals surface area contributed by atoms with Crippen molar-refractivity contribution < 1.29 is 29.3 Å². The molecule has 0 amide bonds. The third-order valence-corrected chi connectivity index (χ3v) is 4.30. The van der Waals surface area contributed by atoms with Crippen LogP contribution in [-0.2, 0) is 19.1 Å². The summed E-state index contributed by atoms with van der Waals surface area (Å²) in [5, 5.41) is 20.7. The minimum absolute atomic E-state index is 0.141. The van der Waals surface area contributed by atoms with E-state index in [-0.39, 0.29) is 25.2 Å². The molecule has 2 N–H and O–H groups in total. The van der Waals surface area contributed by atoms with E-state index in [1.54, 1.807) is 19.1 Å². The molecule has 5 atom stereocenters. The first-order valence-electron chi connectivity index (χ1n) is 8.61. The fraction of sp³-hybridized carbons (Fsp3) is 0.684. The number of carbonyl (C=O) groups excluding carboxylic acids is 2. The Morgan fingerprint density at radius 3 is 2.64 bits per heavy atom. The van der Waals surface area contributed by atoms with Gasteiger partial charge >= 0.3 is 11.9 Å². The number of esters is 2. The number of carbonyl (C=O) groups is 2. The predicted molar refractivity (Wildman–Crippen MR) is 93.7 cm³/mol. The smallest absolute Gasteiger partial charge is 0.308 e. The molecule has 25 heavy (non-hydrogen) atoms. The van der Waals surface area contributed by atoms with Crippen LogP contribution in [0.4, 0.5) is 0 Å². The van der Waals surface area contributed by atoms with Crippen molar-refractivity contribution in [2.75, 3.05) is 0 Å². The highest BCUT2D eigenvalue weighted by molar-refractivity contribution is 5.70. The van der Waals surface area contributed by atoms with Gasteiger partial charge in [0.05, 0.1) is 12.5 Å². The van der Waals surface area contributed by atoms with Gasteiger partial charge in [-0.3, -0.25) is 9.59 Å². The van der Waals surface area contributed by atoms with Crippen molar-refractivity contribution >= 4 is 11.9 Å². The maximum Gasteiger partial charge on any atom is 0.308 e. The molecule has 1 rings (SSSR count). The van der Waals surface area contributed by atoms with Crippen LogP contribution in [0, 0.1) is 5.92 Å². The first kappa shape index (κ1) is 21.4. The summed E-state index contributed by atoms with van der Waals surface area (Å²) in [5.74, 6) is -1.15. The number of aliphatic hydroxyl groups is 2. The Labute approximate surface area is 149 Å². The third kappa shape index (κ3) is 7.40. The van der Waals surface area contributed by atoms with Crippen molar-refractivity contribution in [1.29, 1.82) is 0 Å². The van der Waals surface area contributed by atoms with Gasteiger partial charge in [-0.05, 0) is 32.8 Å². The molecule has 0 radical (unpaired) electrons. The Morgan fingerprint density at radius 2 is 2.08 bits per heavy atom. The molecule has 0 fully saturated rings. The molecule has 6 nitrogen and oxygen atoms in total. The lowest BCUT2D eigenvalue weighted by Crippen LogP contribution is -2.42. The van der Waals surface area contributed by atoms with Crippen LogP contribution in [0.1, 0.15) is 53.4 Å². The summed E-state index contributed by atoms with van der Waals surface area (Å²) in [6.07, 6.45) is 1.90. The SMILES string of the molecule is C=C(C)CC1OC(=O)CC(O)CCC(C)(O)C(OC(C)=O)/C=C/C1C. The Hall–Kier alpha value is -1.66. The first-order valence-corrected chi connectivity index (χ1v) is 8.61. The summed E-state index contributed by atoms with van der Waals surface area (Å²) in [7, 11) is 0. The zero-order chi connectivity index (χ0) is 19.2. The Bertz CT molecular complexity index is 522. The monoisotopic (exact) mass is 354 g/mol. The molecule has 0 saturated heterocycles. The van der Waals surface area contributed by atoms with Crippen molar-refractivity contribution in [2.45, 2.75) is 77.3 Å². The standard InChI is InChI=1S/C19H30O6/c1-12(2)10-16-13(3)6-7-17(24-14(4)20)19(5,23)9-8-15(21)11-18(22)25-16/h6-7,13,15-17,21,23H,1,8-11H2,2-5H3/b7-6+. The maximum atomic E-state index is 12.1. The number of hydrogen-bond donors (Lipinski definition) is 2. The Balaban J connectivity index is 3.13. The summed E-state index contributed by atoms with van der Waals surface area (Å²) >= 11 is 0. The molecule has 0 bridgehead atoms. The average Bonchev–Trinajstić information content (AvgIpc) is 2.46. The molecule has 142 valence electrons. The molecule has 6 heteroatoms. The van der Waals surface area contributed by atoms with E-state index in [1.165, 1.54) is 6.92 Å². The quantitative estimate of drug-likeness (QED) is 0.597. The van der Waals surface area contributed by atoms with E-state index in [4.69, 9.17) is 9.47 Å². The van der Waals surface area contributed by atoms with Crippen molar-refractivity contribution in [3.05, 3.63) is 24.3 Å². The van der Waals surface area contributed by atoms with Crippen molar-refractivity contribution in [1.82, 2.24) is 0 Å². The van der Waals surface area contributed by atoms with Crippen molar-refractivity contribution in [3.8, 4) is 0 Å². The highest BCUT2D eigenvalue weighted by atomic mass is 16.6. The van der Waals surface area contributed by atoms with Gasteiger partial charge in [-0.15, -0.1) is 6.58 Å². The molecule has 1 heterocycles. The minimum Gasteiger partial charge on any atom is -0.461 e. The lowest BCUT2D eigenvalue weighted by atomic mass is 9.89. The molecule has 0 aromatic heterocycles. The second-order valence-corrected chi connectivity index (χ2v) is 7.22. The normalized spacial score (nSPS) is 35.7. The van der Waals surface area contributed by atoms with E-state index in [0.717, 1.165) is 5.57 Å². The van der Waals surface area contributed by atoms with E-state index in [1.807, 2.05) is 13.8 Å². The van der Waals surface area contributed by atoms with E-state index in [0.29, 0.717) is 6.42 Å². The van der Waals surface area contributed by atoms with Crippen LogP contribution in [-0.4, -0.2) is 46.1 Å². The molecule has 1 aliphatic heterocycles. The fourth-order valence-corrected chi connectivity index (χ4v) is 2.74. The van der Waals surface area contributed by atoms with Gasteiger partial charge in [-0.25, -0.2) is 0 Å². The molecular formula is C19H30O6. The van der Waals surface area contributed by atoms with Gasteiger partial charge in [0.1, 0.15) is 17.8 Å². The molecule has 0 aliphatic carbocycles. The number of ether oxygens (including phenoxy) is 2. The number of aliphatic hydroxyl groups excluding tert-OH is 1. The minimum atomic E-state index is -1.35. The number of cyclic esters (lactones) is 1. The molecule has 0 spiro atoms. The lowest BCUT2D eigenvalue weighted by Gasteiger charge is -2.32. The molecular weight excluding hydrogens is 324 g/mol. The van der Waals surface area contributed by atoms with E-state index in [2.05, 4.69) is 6.58 Å². The van der Waals surface area contributed by atoms with Gasteiger partial charge in [0.25, 0.3) is 0 Å². The van der Waals surface area contributed by atoms with Crippen LogP contribution in [0.5, 0.6) is 0 Å². The van der Waals surface area contributed by atoms with E-state index < -0.39 is 35.9 Å². The highest BCUT2D eigenvalue weighted by Crippen LogP contribution is 2.26. The fourth-order valence-electron chi connectivity index (χ4n) is 2.74. The van der Waals surface area contributed by atoms with Crippen LogP contribution in [0.3, 0.4) is 0 Å². The number of rotatable bonds is 3.